The van der Waals surface area contributed by atoms with Crippen molar-refractivity contribution in [2.24, 2.45) is 11.8 Å². The topological polar surface area (TPSA) is 0 Å². The van der Waals surface area contributed by atoms with Crippen LogP contribution >= 0.6 is 24.8 Å². The molecule has 0 N–H and O–H groups in total. The third kappa shape index (κ3) is 19.5. The maximum absolute atomic E-state index is 3.52. The number of aryl methyl sites for hydroxylation is 4. The molecule has 0 saturated carbocycles. The van der Waals surface area contributed by atoms with E-state index in [2.05, 4.69) is 300 Å². The van der Waals surface area contributed by atoms with Gasteiger partial charge in [0.05, 0.1) is 0 Å². The molecule has 86 heavy (non-hydrogen) atoms. The predicted octanol–water partition coefficient (Wildman–Crippen LogP) is 23.1. The minimum atomic E-state index is 0. The third-order valence-corrected chi connectivity index (χ3v) is 19.2. The van der Waals surface area contributed by atoms with E-state index in [-0.39, 0.29) is 24.8 Å². The average Bonchev–Trinajstić information content (AvgIpc) is 3.54. The zero-order chi connectivity index (χ0) is 59.8. The molecule has 2 aliphatic rings. The summed E-state index contributed by atoms with van der Waals surface area (Å²) in [4.78, 5) is 0. The van der Waals surface area contributed by atoms with Crippen LogP contribution in [0.5, 0.6) is 0 Å². The van der Waals surface area contributed by atoms with Crippen LogP contribution in [0.1, 0.15) is 152 Å². The number of benzene rings is 8. The average molecular weight is 1330 g/mol. The minimum absolute atomic E-state index is 0. The van der Waals surface area contributed by atoms with Gasteiger partial charge in [-0.1, -0.05) is 190 Å². The quantitative estimate of drug-likeness (QED) is 0.0952. The van der Waals surface area contributed by atoms with Gasteiger partial charge < -0.3 is 0 Å². The van der Waals surface area contributed by atoms with Gasteiger partial charge in [-0.25, -0.2) is 11.6 Å². The van der Waals surface area contributed by atoms with Crippen molar-refractivity contribution in [3.8, 4) is 0 Å². The van der Waals surface area contributed by atoms with Crippen LogP contribution in [-0.2, 0) is 74.2 Å². The molecule has 0 nitrogen and oxygen atoms in total. The van der Waals surface area contributed by atoms with E-state index >= 15 is 0 Å². The Labute approximate surface area is 560 Å². The van der Waals surface area contributed by atoms with Crippen LogP contribution in [-0.4, -0.2) is 6.41 Å². The normalized spacial score (nSPS) is 13.7. The van der Waals surface area contributed by atoms with E-state index in [1.165, 1.54) is 191 Å². The molecule has 0 saturated heterocycles. The van der Waals surface area contributed by atoms with Crippen LogP contribution in [0, 0.1) is 24.0 Å². The first kappa shape index (κ1) is 71.3. The fraction of sp³-hybridized carbons (Fsp3) is 0.268. The van der Waals surface area contributed by atoms with Gasteiger partial charge in [0, 0.05) is 0 Å². The second kappa shape index (κ2) is 37.4. The first-order chi connectivity index (χ1) is 41.0. The third-order valence-electron chi connectivity index (χ3n) is 16.3. The maximum atomic E-state index is 3.52. The van der Waals surface area contributed by atoms with Gasteiger partial charge in [0.1, 0.15) is 0 Å². The van der Waals surface area contributed by atoms with Crippen molar-refractivity contribution in [2.45, 2.75) is 133 Å². The standard InChI is InChI=1S/2C17H17.2C13H10.2C11H17.2ClH.2Zr/c2*1-3-12-5-7-16-14(9-12)11-15-10-13(4-2)6-8-17(15)16;2*1-3-7-12(8-4-1)11-13-9-5-2-6-10-13;1-4-9-7-10(5-2)11(6-3)8-9;1-4-9-7-8-10(5-2)11(9)6-3;;;;/h2*5-11H,3-4H2,1-2H3;2*1-10H;7,9H,4-6H2,1-3H3;7,10H,4-6H2,1-3H3;2*1H;;/q2*-1;;;2*-1;;;2*+2. The molecule has 0 aromatic heterocycles. The van der Waals surface area contributed by atoms with E-state index < -0.39 is 0 Å². The van der Waals surface area contributed by atoms with Crippen molar-refractivity contribution in [2.75, 3.05) is 0 Å². The summed E-state index contributed by atoms with van der Waals surface area (Å²) in [6.07, 6.45) is 23.0. The van der Waals surface area contributed by atoms with Crippen LogP contribution in [0.2, 0.25) is 0 Å². The number of hydrogen-bond acceptors (Lipinski definition) is 0. The number of fused-ring (bicyclic) bond motifs is 6. The fourth-order valence-electron chi connectivity index (χ4n) is 11.2. The Morgan fingerprint density at radius 3 is 0.965 bits per heavy atom. The summed E-state index contributed by atoms with van der Waals surface area (Å²) in [5.41, 5.74) is 17.1. The molecule has 440 valence electrons. The second-order valence-corrected chi connectivity index (χ2v) is 24.1. The Morgan fingerprint density at radius 2 is 0.721 bits per heavy atom. The first-order valence-corrected chi connectivity index (χ1v) is 33.7. The molecule has 10 aromatic rings. The van der Waals surface area contributed by atoms with E-state index in [9.17, 15) is 0 Å². The van der Waals surface area contributed by atoms with Crippen molar-refractivity contribution in [1.29, 1.82) is 0 Å². The summed E-state index contributed by atoms with van der Waals surface area (Å²) < 4.78 is 2.83. The SMILES string of the molecule is CCC1=C(CC)C(CC)[C-]=C1.CCC1=[C-]C(CC)C=C1CC.CCc1ccc2c(c1)[cH-]c1cc(CC)ccc12.CCc1ccc2c(c1)[cH-]c1cc(CC)ccc12.Cl.Cl.[Zr+2]=[C](c1ccccc1)c1ccccc1.[Zr+2]=[C](c1ccccc1)c1ccccc1. The Hall–Kier alpha value is -5.45. The van der Waals surface area contributed by atoms with Crippen molar-refractivity contribution in [1.82, 2.24) is 0 Å². The van der Waals surface area contributed by atoms with Crippen LogP contribution in [0.25, 0.3) is 43.1 Å². The molecule has 0 spiro atoms. The number of hydrogen-bond donors (Lipinski definition) is 0. The molecule has 2 unspecified atom stereocenters. The molecule has 4 heteroatoms. The van der Waals surface area contributed by atoms with Crippen molar-refractivity contribution < 1.29 is 48.5 Å². The zero-order valence-corrected chi connectivity index (χ0v) is 59.4. The summed E-state index contributed by atoms with van der Waals surface area (Å²) in [7, 11) is 0. The van der Waals surface area contributed by atoms with Gasteiger partial charge in [-0.15, -0.1) is 104 Å². The number of allylic oxidation sites excluding steroid dienone is 8. The van der Waals surface area contributed by atoms with Crippen molar-refractivity contribution in [3.05, 3.63) is 297 Å². The number of halogens is 2. The molecule has 0 aliphatic heterocycles. The molecule has 10 aromatic carbocycles. The Morgan fingerprint density at radius 1 is 0.384 bits per heavy atom. The van der Waals surface area contributed by atoms with Gasteiger partial charge in [-0.3, -0.25) is 12.2 Å². The monoisotopic (exact) mass is 1320 g/mol. The van der Waals surface area contributed by atoms with Gasteiger partial charge in [-0.2, -0.15) is 22.8 Å². The van der Waals surface area contributed by atoms with Crippen LogP contribution in [0.15, 0.2) is 241 Å². The van der Waals surface area contributed by atoms with E-state index in [0.29, 0.717) is 11.8 Å². The Bertz CT molecular complexity index is 3390. The molecule has 2 atom stereocenters. The Balaban J connectivity index is 0.000000189. The molecule has 0 amide bonds. The number of rotatable bonds is 14. The first-order valence-electron chi connectivity index (χ1n) is 31.3. The Kier molecular flexibility index (Phi) is 31.0. The van der Waals surface area contributed by atoms with Gasteiger partial charge in [0.15, 0.2) is 0 Å². The summed E-state index contributed by atoms with van der Waals surface area (Å²) in [6, 6.07) is 74.2. The van der Waals surface area contributed by atoms with Crippen molar-refractivity contribution in [3.63, 3.8) is 0 Å². The molecule has 12 rings (SSSR count). The molecule has 2 aliphatic carbocycles. The van der Waals surface area contributed by atoms with Gasteiger partial charge >= 0.3 is 198 Å². The molecular weight excluding hydrogens is 1240 g/mol. The second-order valence-electron chi connectivity index (χ2n) is 21.7. The zero-order valence-electron chi connectivity index (χ0n) is 52.8. The van der Waals surface area contributed by atoms with E-state index in [0.717, 1.165) is 32.1 Å². The summed E-state index contributed by atoms with van der Waals surface area (Å²) in [5.74, 6) is 1.25. The van der Waals surface area contributed by atoms with Crippen LogP contribution < -0.4 is 0 Å². The van der Waals surface area contributed by atoms with Gasteiger partial charge in [0.25, 0.3) is 0 Å². The molecule has 0 heterocycles. The van der Waals surface area contributed by atoms with Gasteiger partial charge in [0.2, 0.25) is 0 Å². The fourth-order valence-corrected chi connectivity index (χ4v) is 12.9. The van der Waals surface area contributed by atoms with Crippen LogP contribution in [0.3, 0.4) is 0 Å². The summed E-state index contributed by atoms with van der Waals surface area (Å²) in [5, 5.41) is 11.1. The van der Waals surface area contributed by atoms with Gasteiger partial charge in [-0.05, 0) is 25.7 Å². The van der Waals surface area contributed by atoms with Crippen molar-refractivity contribution >= 4 is 74.3 Å². The molecule has 0 bridgehead atoms. The summed E-state index contributed by atoms with van der Waals surface area (Å²) >= 11 is 2.92. The molecule has 0 radical (unpaired) electrons. The molecule has 0 fully saturated rings. The van der Waals surface area contributed by atoms with E-state index in [1.54, 1.807) is 5.57 Å². The summed E-state index contributed by atoms with van der Waals surface area (Å²) in [6.45, 7) is 22.2. The van der Waals surface area contributed by atoms with Crippen LogP contribution in [0.4, 0.5) is 0 Å². The van der Waals surface area contributed by atoms with E-state index in [1.807, 2.05) is 0 Å². The molecular formula is C82H90Cl2Zr2. The predicted molar refractivity (Wildman–Crippen MR) is 377 cm³/mol. The van der Waals surface area contributed by atoms with E-state index in [4.69, 9.17) is 0 Å².